The van der Waals surface area contributed by atoms with Crippen molar-refractivity contribution in [2.24, 2.45) is 0 Å². The molecule has 0 aliphatic rings. The summed E-state index contributed by atoms with van der Waals surface area (Å²) in [5.74, 6) is -1.08. The number of sulfone groups is 1. The van der Waals surface area contributed by atoms with Gasteiger partial charge in [0.05, 0.1) is 31.1 Å². The number of esters is 1. The Labute approximate surface area is 77.6 Å². The third-order valence-electron chi connectivity index (χ3n) is 1.32. The smallest absolute Gasteiger partial charge is 0.306 e. The largest absolute Gasteiger partial charge is 0.466 e. The Balaban J connectivity index is 3.81. The molecule has 78 valence electrons. The summed E-state index contributed by atoms with van der Waals surface area (Å²) in [7, 11) is -3.30. The maximum absolute atomic E-state index is 11.0. The number of carbonyl (C=O) groups excluding carboxylic acids is 1. The third-order valence-corrected chi connectivity index (χ3v) is 2.96. The first kappa shape index (κ1) is 12.4. The minimum Gasteiger partial charge on any atom is -0.466 e. The number of hydrogen-bond acceptors (Lipinski definition) is 5. The Kier molecular flexibility index (Phi) is 5.65. The molecular formula is C7H14O5S. The molecule has 0 amide bonds. The predicted molar refractivity (Wildman–Crippen MR) is 47.0 cm³/mol. The fourth-order valence-corrected chi connectivity index (χ4v) is 1.67. The fraction of sp³-hybridized carbons (Fsp3) is 0.857. The van der Waals surface area contributed by atoms with Gasteiger partial charge in [0.1, 0.15) is 0 Å². The molecular weight excluding hydrogens is 196 g/mol. The lowest BCUT2D eigenvalue weighted by atomic mass is 10.5. The molecule has 0 aromatic carbocycles. The Morgan fingerprint density at radius 1 is 1.38 bits per heavy atom. The van der Waals surface area contributed by atoms with Crippen LogP contribution in [0.1, 0.15) is 13.3 Å². The first-order valence-electron chi connectivity index (χ1n) is 3.98. The molecule has 0 aliphatic carbocycles. The average molecular weight is 210 g/mol. The van der Waals surface area contributed by atoms with Crippen LogP contribution in [-0.2, 0) is 19.4 Å². The van der Waals surface area contributed by atoms with Crippen LogP contribution in [0.4, 0.5) is 0 Å². The fourth-order valence-electron chi connectivity index (χ4n) is 0.713. The Morgan fingerprint density at radius 2 is 2.00 bits per heavy atom. The lowest BCUT2D eigenvalue weighted by Crippen LogP contribution is -2.17. The van der Waals surface area contributed by atoms with Crippen molar-refractivity contribution in [3.8, 4) is 0 Å². The zero-order valence-corrected chi connectivity index (χ0v) is 8.34. The second kappa shape index (κ2) is 5.93. The Hall–Kier alpha value is -0.620. The van der Waals surface area contributed by atoms with Crippen LogP contribution < -0.4 is 0 Å². The Morgan fingerprint density at radius 3 is 2.46 bits per heavy atom. The maximum atomic E-state index is 11.0. The Bertz CT molecular complexity index is 244. The number of aliphatic hydroxyl groups is 1. The molecule has 0 saturated heterocycles. The van der Waals surface area contributed by atoms with Gasteiger partial charge in [-0.1, -0.05) is 0 Å². The third kappa shape index (κ3) is 6.53. The monoisotopic (exact) mass is 210 g/mol. The zero-order chi connectivity index (χ0) is 10.3. The molecule has 0 aliphatic heterocycles. The van der Waals surface area contributed by atoms with Crippen LogP contribution in [0.2, 0.25) is 0 Å². The first-order valence-corrected chi connectivity index (χ1v) is 5.81. The van der Waals surface area contributed by atoms with Crippen LogP contribution in [0.15, 0.2) is 0 Å². The van der Waals surface area contributed by atoms with E-state index >= 15 is 0 Å². The maximum Gasteiger partial charge on any atom is 0.306 e. The quantitative estimate of drug-likeness (QED) is 0.589. The van der Waals surface area contributed by atoms with Crippen molar-refractivity contribution in [1.82, 2.24) is 0 Å². The second-order valence-electron chi connectivity index (χ2n) is 2.43. The van der Waals surface area contributed by atoms with E-state index in [9.17, 15) is 13.2 Å². The van der Waals surface area contributed by atoms with E-state index in [2.05, 4.69) is 4.74 Å². The number of aliphatic hydroxyl groups excluding tert-OH is 1. The van der Waals surface area contributed by atoms with E-state index in [1.54, 1.807) is 6.92 Å². The molecule has 0 aromatic heterocycles. The molecule has 0 saturated carbocycles. The topological polar surface area (TPSA) is 80.7 Å². The molecule has 0 atom stereocenters. The van der Waals surface area contributed by atoms with Gasteiger partial charge in [-0.15, -0.1) is 0 Å². The lowest BCUT2D eigenvalue weighted by molar-refractivity contribution is -0.142. The summed E-state index contributed by atoms with van der Waals surface area (Å²) in [5, 5.41) is 8.38. The summed E-state index contributed by atoms with van der Waals surface area (Å²) < 4.78 is 26.5. The molecule has 0 radical (unpaired) electrons. The van der Waals surface area contributed by atoms with Gasteiger partial charge in [-0.05, 0) is 6.92 Å². The van der Waals surface area contributed by atoms with Gasteiger partial charge in [-0.25, -0.2) is 8.42 Å². The van der Waals surface area contributed by atoms with Gasteiger partial charge in [-0.3, -0.25) is 4.79 Å². The van der Waals surface area contributed by atoms with E-state index < -0.39 is 22.4 Å². The molecule has 0 bridgehead atoms. The van der Waals surface area contributed by atoms with Gasteiger partial charge in [0.2, 0.25) is 0 Å². The van der Waals surface area contributed by atoms with Gasteiger partial charge >= 0.3 is 5.97 Å². The van der Waals surface area contributed by atoms with Crippen molar-refractivity contribution in [2.45, 2.75) is 13.3 Å². The van der Waals surface area contributed by atoms with E-state index in [4.69, 9.17) is 5.11 Å². The van der Waals surface area contributed by atoms with Crippen molar-refractivity contribution in [1.29, 1.82) is 0 Å². The van der Waals surface area contributed by atoms with Gasteiger partial charge in [0, 0.05) is 0 Å². The van der Waals surface area contributed by atoms with Crippen LogP contribution in [0.25, 0.3) is 0 Å². The predicted octanol–water partition coefficient (Wildman–Crippen LogP) is -0.653. The number of hydrogen-bond donors (Lipinski definition) is 1. The van der Waals surface area contributed by atoms with Crippen molar-refractivity contribution < 1.29 is 23.1 Å². The number of carbonyl (C=O) groups is 1. The number of ether oxygens (including phenoxy) is 1. The van der Waals surface area contributed by atoms with Crippen molar-refractivity contribution >= 4 is 15.8 Å². The standard InChI is InChI=1S/C7H14O5S/c1-2-12-7(9)3-5-13(10,11)6-4-8/h8H,2-6H2,1H3. The van der Waals surface area contributed by atoms with E-state index in [0.717, 1.165) is 0 Å². The molecule has 1 N–H and O–H groups in total. The summed E-state index contributed by atoms with van der Waals surface area (Å²) in [6.45, 7) is 1.49. The van der Waals surface area contributed by atoms with E-state index in [1.807, 2.05) is 0 Å². The summed E-state index contributed by atoms with van der Waals surface area (Å²) in [6, 6.07) is 0. The van der Waals surface area contributed by atoms with E-state index in [-0.39, 0.29) is 24.5 Å². The van der Waals surface area contributed by atoms with Crippen molar-refractivity contribution in [3.05, 3.63) is 0 Å². The molecule has 0 fully saturated rings. The minimum absolute atomic E-state index is 0.143. The molecule has 13 heavy (non-hydrogen) atoms. The van der Waals surface area contributed by atoms with E-state index in [1.165, 1.54) is 0 Å². The molecule has 0 heterocycles. The van der Waals surface area contributed by atoms with Crippen molar-refractivity contribution in [3.63, 3.8) is 0 Å². The SMILES string of the molecule is CCOC(=O)CCS(=O)(=O)CCO. The van der Waals surface area contributed by atoms with Crippen LogP contribution in [0.3, 0.4) is 0 Å². The highest BCUT2D eigenvalue weighted by atomic mass is 32.2. The molecule has 0 rings (SSSR count). The van der Waals surface area contributed by atoms with Gasteiger partial charge in [0.15, 0.2) is 9.84 Å². The van der Waals surface area contributed by atoms with E-state index in [0.29, 0.717) is 0 Å². The highest BCUT2D eigenvalue weighted by Gasteiger charge is 2.12. The minimum atomic E-state index is -3.30. The van der Waals surface area contributed by atoms with Crippen LogP contribution in [0.5, 0.6) is 0 Å². The molecule has 6 heteroatoms. The average Bonchev–Trinajstić information content (AvgIpc) is 2.02. The summed E-state index contributed by atoms with van der Waals surface area (Å²) in [5.41, 5.74) is 0. The molecule has 5 nitrogen and oxygen atoms in total. The second-order valence-corrected chi connectivity index (χ2v) is 4.73. The molecule has 0 spiro atoms. The molecule has 0 unspecified atom stereocenters. The summed E-state index contributed by atoms with van der Waals surface area (Å²) in [6.07, 6.45) is -0.143. The van der Waals surface area contributed by atoms with Gasteiger partial charge in [-0.2, -0.15) is 0 Å². The van der Waals surface area contributed by atoms with Crippen LogP contribution in [0, 0.1) is 0 Å². The summed E-state index contributed by atoms with van der Waals surface area (Å²) >= 11 is 0. The van der Waals surface area contributed by atoms with Gasteiger partial charge < -0.3 is 9.84 Å². The normalized spacial score (nSPS) is 11.2. The van der Waals surface area contributed by atoms with Gasteiger partial charge in [0.25, 0.3) is 0 Å². The van der Waals surface area contributed by atoms with Crippen LogP contribution >= 0.6 is 0 Å². The number of rotatable bonds is 6. The highest BCUT2D eigenvalue weighted by molar-refractivity contribution is 7.91. The zero-order valence-electron chi connectivity index (χ0n) is 7.52. The summed E-state index contributed by atoms with van der Waals surface area (Å²) in [4.78, 5) is 10.7. The van der Waals surface area contributed by atoms with Crippen LogP contribution in [-0.4, -0.2) is 44.2 Å². The highest BCUT2D eigenvalue weighted by Crippen LogP contribution is 1.95. The van der Waals surface area contributed by atoms with Crippen molar-refractivity contribution in [2.75, 3.05) is 24.7 Å². The lowest BCUT2D eigenvalue weighted by Gasteiger charge is -2.02. The first-order chi connectivity index (χ1) is 6.02. The molecule has 0 aromatic rings.